The Morgan fingerprint density at radius 3 is 2.90 bits per heavy atom. The third-order valence-corrected chi connectivity index (χ3v) is 3.74. The van der Waals surface area contributed by atoms with Crippen LogP contribution in [0.3, 0.4) is 0 Å². The van der Waals surface area contributed by atoms with Gasteiger partial charge in [-0.25, -0.2) is 0 Å². The zero-order valence-corrected chi connectivity index (χ0v) is 11.1. The molecule has 1 saturated heterocycles. The molecule has 0 radical (unpaired) electrons. The summed E-state index contributed by atoms with van der Waals surface area (Å²) in [5.41, 5.74) is 2.79. The molecule has 1 aromatic carbocycles. The minimum Gasteiger partial charge on any atom is -0.374 e. The monoisotopic (exact) mass is 273 g/mol. The van der Waals surface area contributed by atoms with Crippen LogP contribution in [0.15, 0.2) is 18.2 Å². The number of anilines is 1. The molecule has 20 heavy (non-hydrogen) atoms. The van der Waals surface area contributed by atoms with Crippen LogP contribution >= 0.6 is 0 Å². The predicted octanol–water partition coefficient (Wildman–Crippen LogP) is -0.176. The maximum absolute atomic E-state index is 12.1. The first-order valence-corrected chi connectivity index (χ1v) is 6.53. The van der Waals surface area contributed by atoms with Crippen LogP contribution in [-0.4, -0.2) is 37.4 Å². The molecule has 0 aromatic heterocycles. The number of amides is 3. The number of nitrogens with one attached hydrogen (secondary N) is 2. The summed E-state index contributed by atoms with van der Waals surface area (Å²) in [6, 6.07) is 4.75. The largest absolute Gasteiger partial charge is 0.374 e. The fraction of sp³-hybridized carbons (Fsp3) is 0.357. The van der Waals surface area contributed by atoms with E-state index in [1.54, 1.807) is 6.07 Å². The van der Waals surface area contributed by atoms with E-state index >= 15 is 0 Å². The molecule has 2 N–H and O–H groups in total. The molecule has 104 valence electrons. The molecule has 3 rings (SSSR count). The Hall–Kier alpha value is -2.37. The van der Waals surface area contributed by atoms with Gasteiger partial charge in [0.2, 0.25) is 11.8 Å². The predicted molar refractivity (Wildman–Crippen MR) is 72.4 cm³/mol. The van der Waals surface area contributed by atoms with E-state index < -0.39 is 11.9 Å². The summed E-state index contributed by atoms with van der Waals surface area (Å²) in [7, 11) is 2.01. The lowest BCUT2D eigenvalue weighted by molar-refractivity contribution is -0.125. The zero-order chi connectivity index (χ0) is 14.3. The molecule has 1 aromatic rings. The molecule has 1 unspecified atom stereocenters. The van der Waals surface area contributed by atoms with Crippen molar-refractivity contribution in [2.45, 2.75) is 18.9 Å². The zero-order valence-electron chi connectivity index (χ0n) is 11.1. The third kappa shape index (κ3) is 2.13. The number of hydrogen-bond acceptors (Lipinski definition) is 4. The van der Waals surface area contributed by atoms with Crippen molar-refractivity contribution in [3.05, 3.63) is 29.3 Å². The van der Waals surface area contributed by atoms with Gasteiger partial charge in [-0.05, 0) is 30.2 Å². The van der Waals surface area contributed by atoms with Crippen LogP contribution in [0, 0.1) is 0 Å². The Morgan fingerprint density at radius 2 is 2.20 bits per heavy atom. The van der Waals surface area contributed by atoms with Crippen LogP contribution < -0.4 is 15.5 Å². The minimum absolute atomic E-state index is 0.0122. The number of hydrogen-bond donors (Lipinski definition) is 2. The van der Waals surface area contributed by atoms with Crippen molar-refractivity contribution in [3.63, 3.8) is 0 Å². The average Bonchev–Trinajstić information content (AvgIpc) is 2.93. The van der Waals surface area contributed by atoms with Gasteiger partial charge < -0.3 is 10.2 Å². The lowest BCUT2D eigenvalue weighted by Crippen LogP contribution is -2.40. The van der Waals surface area contributed by atoms with Crippen LogP contribution in [0.2, 0.25) is 0 Å². The highest BCUT2D eigenvalue weighted by atomic mass is 16.2. The SMILES string of the molecule is CN1CCc2cc(C(=O)NC3CC(=O)NC3=O)ccc21. The van der Waals surface area contributed by atoms with Crippen LogP contribution in [0.1, 0.15) is 22.3 Å². The van der Waals surface area contributed by atoms with E-state index in [4.69, 9.17) is 0 Å². The number of fused-ring (bicyclic) bond motifs is 1. The highest BCUT2D eigenvalue weighted by Crippen LogP contribution is 2.27. The van der Waals surface area contributed by atoms with Gasteiger partial charge in [0, 0.05) is 24.8 Å². The molecule has 0 saturated carbocycles. The summed E-state index contributed by atoms with van der Waals surface area (Å²) in [4.78, 5) is 36.8. The maximum atomic E-state index is 12.1. The van der Waals surface area contributed by atoms with Crippen molar-refractivity contribution in [1.82, 2.24) is 10.6 Å². The first kappa shape index (κ1) is 12.7. The number of imide groups is 1. The van der Waals surface area contributed by atoms with E-state index in [2.05, 4.69) is 15.5 Å². The maximum Gasteiger partial charge on any atom is 0.251 e. The Balaban J connectivity index is 1.75. The molecule has 6 heteroatoms. The number of likely N-dealkylation sites (N-methyl/N-ethyl adjacent to an activating group) is 1. The van der Waals surface area contributed by atoms with Gasteiger partial charge in [-0.15, -0.1) is 0 Å². The van der Waals surface area contributed by atoms with E-state index in [0.29, 0.717) is 5.56 Å². The van der Waals surface area contributed by atoms with Crippen molar-refractivity contribution in [1.29, 1.82) is 0 Å². The van der Waals surface area contributed by atoms with Crippen LogP contribution in [0.25, 0.3) is 0 Å². The highest BCUT2D eigenvalue weighted by molar-refractivity contribution is 6.08. The Kier molecular flexibility index (Phi) is 2.93. The standard InChI is InChI=1S/C14H15N3O3/c1-17-5-4-8-6-9(2-3-11(8)17)13(19)15-10-7-12(18)16-14(10)20/h2-3,6,10H,4-5,7H2,1H3,(H,15,19)(H,16,18,20). The minimum atomic E-state index is -0.758. The second-order valence-corrected chi connectivity index (χ2v) is 5.16. The van der Waals surface area contributed by atoms with Gasteiger partial charge in [-0.1, -0.05) is 0 Å². The van der Waals surface area contributed by atoms with Crippen molar-refractivity contribution < 1.29 is 14.4 Å². The van der Waals surface area contributed by atoms with Gasteiger partial charge in [-0.2, -0.15) is 0 Å². The molecule has 3 amide bonds. The molecule has 2 heterocycles. The summed E-state index contributed by atoms with van der Waals surface area (Å²) < 4.78 is 0. The second kappa shape index (κ2) is 4.63. The quantitative estimate of drug-likeness (QED) is 0.733. The van der Waals surface area contributed by atoms with Crippen molar-refractivity contribution in [2.24, 2.45) is 0 Å². The van der Waals surface area contributed by atoms with Gasteiger partial charge in [-0.3, -0.25) is 19.7 Å². The number of rotatable bonds is 2. The van der Waals surface area contributed by atoms with Crippen LogP contribution in [0.4, 0.5) is 5.69 Å². The second-order valence-electron chi connectivity index (χ2n) is 5.16. The lowest BCUT2D eigenvalue weighted by atomic mass is 10.1. The molecule has 1 atom stereocenters. The smallest absolute Gasteiger partial charge is 0.251 e. The Bertz CT molecular complexity index is 612. The summed E-state index contributed by atoms with van der Waals surface area (Å²) in [6.45, 7) is 0.944. The molecule has 1 fully saturated rings. The van der Waals surface area contributed by atoms with Crippen LogP contribution in [-0.2, 0) is 16.0 Å². The van der Waals surface area contributed by atoms with Crippen LogP contribution in [0.5, 0.6) is 0 Å². The average molecular weight is 273 g/mol. The topological polar surface area (TPSA) is 78.5 Å². The van der Waals surface area contributed by atoms with E-state index in [1.165, 1.54) is 0 Å². The van der Waals surface area contributed by atoms with Crippen molar-refractivity contribution >= 4 is 23.4 Å². The van der Waals surface area contributed by atoms with Gasteiger partial charge in [0.25, 0.3) is 5.91 Å². The summed E-state index contributed by atoms with van der Waals surface area (Å²) in [6.07, 6.45) is 0.924. The van der Waals surface area contributed by atoms with Crippen molar-refractivity contribution in [2.75, 3.05) is 18.5 Å². The van der Waals surface area contributed by atoms with Gasteiger partial charge >= 0.3 is 0 Å². The first-order valence-electron chi connectivity index (χ1n) is 6.53. The van der Waals surface area contributed by atoms with E-state index in [1.807, 2.05) is 19.2 Å². The fourth-order valence-electron chi connectivity index (χ4n) is 2.62. The first-order chi connectivity index (χ1) is 9.54. The molecule has 0 bridgehead atoms. The molecular weight excluding hydrogens is 258 g/mol. The van der Waals surface area contributed by atoms with E-state index in [9.17, 15) is 14.4 Å². The molecule has 2 aliphatic rings. The van der Waals surface area contributed by atoms with Gasteiger partial charge in [0.05, 0.1) is 6.42 Å². The number of nitrogens with zero attached hydrogens (tertiary/aromatic N) is 1. The molecule has 2 aliphatic heterocycles. The van der Waals surface area contributed by atoms with E-state index in [0.717, 1.165) is 24.2 Å². The Morgan fingerprint density at radius 1 is 1.40 bits per heavy atom. The fourth-order valence-corrected chi connectivity index (χ4v) is 2.62. The number of benzene rings is 1. The lowest BCUT2D eigenvalue weighted by Gasteiger charge is -2.13. The summed E-state index contributed by atoms with van der Waals surface area (Å²) >= 11 is 0. The number of carbonyl (C=O) groups is 3. The molecule has 0 aliphatic carbocycles. The molecule has 0 spiro atoms. The number of carbonyl (C=O) groups excluding carboxylic acids is 3. The summed E-state index contributed by atoms with van der Waals surface area (Å²) in [5, 5.41) is 4.76. The summed E-state index contributed by atoms with van der Waals surface area (Å²) in [5.74, 6) is -1.11. The molecular formula is C14H15N3O3. The van der Waals surface area contributed by atoms with E-state index in [-0.39, 0.29) is 18.2 Å². The van der Waals surface area contributed by atoms with Gasteiger partial charge in [0.1, 0.15) is 6.04 Å². The molecule has 6 nitrogen and oxygen atoms in total. The normalized spacial score (nSPS) is 20.9. The van der Waals surface area contributed by atoms with Crippen molar-refractivity contribution in [3.8, 4) is 0 Å². The highest BCUT2D eigenvalue weighted by Gasteiger charge is 2.32. The Labute approximate surface area is 116 Å². The third-order valence-electron chi connectivity index (χ3n) is 3.74. The van der Waals surface area contributed by atoms with Gasteiger partial charge in [0.15, 0.2) is 0 Å².